The van der Waals surface area contributed by atoms with Gasteiger partial charge in [-0.2, -0.15) is 0 Å². The van der Waals surface area contributed by atoms with Crippen molar-refractivity contribution in [3.8, 4) is 0 Å². The molecule has 0 radical (unpaired) electrons. The number of carbonyl (C=O) groups excluding carboxylic acids is 1. The zero-order valence-corrected chi connectivity index (χ0v) is 13.0. The molecule has 0 unspecified atom stereocenters. The van der Waals surface area contributed by atoms with Crippen LogP contribution >= 0.6 is 0 Å². The summed E-state index contributed by atoms with van der Waals surface area (Å²) in [6.07, 6.45) is 1.61. The highest BCUT2D eigenvalue weighted by Gasteiger charge is 2.24. The van der Waals surface area contributed by atoms with Crippen LogP contribution < -0.4 is 5.32 Å². The van der Waals surface area contributed by atoms with Gasteiger partial charge < -0.3 is 15.3 Å². The van der Waals surface area contributed by atoms with E-state index in [9.17, 15) is 9.59 Å². The molecule has 0 saturated carbocycles. The summed E-state index contributed by atoms with van der Waals surface area (Å²) in [6, 6.07) is -1.36. The molecule has 0 bridgehead atoms. The molecule has 7 nitrogen and oxygen atoms in total. The SMILES string of the molecule is Cc1ncc(CN(C)C(=O)N[C@H](C(=O)O)C(C)C)nc1C. The molecule has 1 aromatic rings. The average molecular weight is 294 g/mol. The van der Waals surface area contributed by atoms with Crippen molar-refractivity contribution in [2.75, 3.05) is 7.05 Å². The Labute approximate surface area is 124 Å². The van der Waals surface area contributed by atoms with Crippen molar-refractivity contribution in [3.63, 3.8) is 0 Å². The fourth-order valence-corrected chi connectivity index (χ4v) is 1.74. The number of hydrogen-bond donors (Lipinski definition) is 2. The van der Waals surface area contributed by atoms with Crippen molar-refractivity contribution < 1.29 is 14.7 Å². The van der Waals surface area contributed by atoms with Gasteiger partial charge in [0, 0.05) is 7.05 Å². The lowest BCUT2D eigenvalue weighted by molar-refractivity contribution is -0.140. The number of carbonyl (C=O) groups is 2. The molecule has 0 saturated heterocycles. The van der Waals surface area contributed by atoms with Crippen LogP contribution in [-0.2, 0) is 11.3 Å². The molecule has 0 aliphatic carbocycles. The Balaban J connectivity index is 2.69. The summed E-state index contributed by atoms with van der Waals surface area (Å²) in [6.45, 7) is 7.47. The van der Waals surface area contributed by atoms with Crippen LogP contribution in [0.5, 0.6) is 0 Å². The van der Waals surface area contributed by atoms with Gasteiger partial charge in [-0.1, -0.05) is 13.8 Å². The molecule has 2 N–H and O–H groups in total. The Bertz CT molecular complexity index is 531. The van der Waals surface area contributed by atoms with E-state index in [4.69, 9.17) is 5.11 Å². The number of hydrogen-bond acceptors (Lipinski definition) is 4. The molecule has 0 fully saturated rings. The number of aromatic nitrogens is 2. The van der Waals surface area contributed by atoms with E-state index in [-0.39, 0.29) is 12.5 Å². The zero-order valence-electron chi connectivity index (χ0n) is 13.0. The third-order valence-electron chi connectivity index (χ3n) is 3.20. The van der Waals surface area contributed by atoms with E-state index in [2.05, 4.69) is 15.3 Å². The summed E-state index contributed by atoms with van der Waals surface area (Å²) < 4.78 is 0. The second-order valence-electron chi connectivity index (χ2n) is 5.40. The Morgan fingerprint density at radius 2 is 1.95 bits per heavy atom. The summed E-state index contributed by atoms with van der Waals surface area (Å²) in [5.74, 6) is -1.24. The van der Waals surface area contributed by atoms with E-state index in [1.54, 1.807) is 27.1 Å². The molecule has 1 heterocycles. The average Bonchev–Trinajstić information content (AvgIpc) is 2.39. The first kappa shape index (κ1) is 16.9. The number of carboxylic acids is 1. The Kier molecular flexibility index (Phi) is 5.63. The highest BCUT2D eigenvalue weighted by atomic mass is 16.4. The van der Waals surface area contributed by atoms with Crippen molar-refractivity contribution in [2.45, 2.75) is 40.3 Å². The third kappa shape index (κ3) is 4.70. The molecule has 0 aromatic carbocycles. The molecule has 7 heteroatoms. The fourth-order valence-electron chi connectivity index (χ4n) is 1.74. The van der Waals surface area contributed by atoms with E-state index in [0.29, 0.717) is 5.69 Å². The summed E-state index contributed by atoms with van der Waals surface area (Å²) in [5.41, 5.74) is 2.32. The molecule has 0 spiro atoms. The molecule has 2 amide bonds. The molecular formula is C14H22N4O3. The topological polar surface area (TPSA) is 95.4 Å². The van der Waals surface area contributed by atoms with Crippen LogP contribution in [-0.4, -0.2) is 45.1 Å². The Morgan fingerprint density at radius 1 is 1.33 bits per heavy atom. The lowest BCUT2D eigenvalue weighted by atomic mass is 10.1. The first-order chi connectivity index (χ1) is 9.72. The highest BCUT2D eigenvalue weighted by Crippen LogP contribution is 2.06. The van der Waals surface area contributed by atoms with Gasteiger partial charge in [0.2, 0.25) is 0 Å². The van der Waals surface area contributed by atoms with Gasteiger partial charge in [0.1, 0.15) is 6.04 Å². The monoisotopic (exact) mass is 294 g/mol. The number of aliphatic carboxylic acids is 1. The molecule has 1 aromatic heterocycles. The first-order valence-corrected chi connectivity index (χ1v) is 6.76. The molecule has 0 aliphatic rings. The van der Waals surface area contributed by atoms with E-state index in [1.165, 1.54) is 4.90 Å². The minimum absolute atomic E-state index is 0.193. The van der Waals surface area contributed by atoms with E-state index in [1.807, 2.05) is 13.8 Å². The molecule has 0 aliphatic heterocycles. The number of amides is 2. The summed E-state index contributed by atoms with van der Waals surface area (Å²) in [7, 11) is 1.59. The Morgan fingerprint density at radius 3 is 2.43 bits per heavy atom. The van der Waals surface area contributed by atoms with E-state index >= 15 is 0 Å². The highest BCUT2D eigenvalue weighted by molar-refractivity contribution is 5.82. The maximum absolute atomic E-state index is 12.0. The van der Waals surface area contributed by atoms with Gasteiger partial charge in [-0.25, -0.2) is 9.59 Å². The zero-order chi connectivity index (χ0) is 16.2. The standard InChI is InChI=1S/C14H22N4O3/c1-8(2)12(13(19)20)17-14(21)18(5)7-11-6-15-9(3)10(4)16-11/h6,8,12H,7H2,1-5H3,(H,17,21)(H,19,20)/t12-/m0/s1. The van der Waals surface area contributed by atoms with Crippen molar-refractivity contribution in [1.29, 1.82) is 0 Å². The van der Waals surface area contributed by atoms with Crippen LogP contribution in [0.25, 0.3) is 0 Å². The molecular weight excluding hydrogens is 272 g/mol. The minimum Gasteiger partial charge on any atom is -0.480 e. The normalized spacial score (nSPS) is 12.1. The number of carboxylic acid groups (broad SMARTS) is 1. The van der Waals surface area contributed by atoms with Gasteiger partial charge in [-0.05, 0) is 19.8 Å². The number of nitrogens with one attached hydrogen (secondary N) is 1. The maximum Gasteiger partial charge on any atom is 0.326 e. The van der Waals surface area contributed by atoms with Gasteiger partial charge in [0.25, 0.3) is 0 Å². The van der Waals surface area contributed by atoms with Crippen LogP contribution in [0.1, 0.15) is 30.9 Å². The summed E-state index contributed by atoms with van der Waals surface area (Å²) in [4.78, 5) is 33.0. The smallest absolute Gasteiger partial charge is 0.326 e. The molecule has 116 valence electrons. The van der Waals surface area contributed by atoms with Gasteiger partial charge in [0.15, 0.2) is 0 Å². The van der Waals surface area contributed by atoms with Gasteiger partial charge in [-0.3, -0.25) is 9.97 Å². The first-order valence-electron chi connectivity index (χ1n) is 6.76. The predicted octanol–water partition coefficient (Wildman–Crippen LogP) is 1.34. The molecule has 21 heavy (non-hydrogen) atoms. The largest absolute Gasteiger partial charge is 0.480 e. The quantitative estimate of drug-likeness (QED) is 0.854. The number of aryl methyl sites for hydroxylation is 2. The number of nitrogens with zero attached hydrogens (tertiary/aromatic N) is 3. The van der Waals surface area contributed by atoms with Crippen LogP contribution in [0.3, 0.4) is 0 Å². The van der Waals surface area contributed by atoms with Crippen molar-refractivity contribution in [3.05, 3.63) is 23.3 Å². The van der Waals surface area contributed by atoms with Crippen LogP contribution in [0.4, 0.5) is 4.79 Å². The van der Waals surface area contributed by atoms with Crippen LogP contribution in [0.15, 0.2) is 6.20 Å². The van der Waals surface area contributed by atoms with E-state index < -0.39 is 18.0 Å². The molecule has 1 atom stereocenters. The lowest BCUT2D eigenvalue weighted by Gasteiger charge is -2.23. The molecule has 1 rings (SSSR count). The summed E-state index contributed by atoms with van der Waals surface area (Å²) >= 11 is 0. The second-order valence-corrected chi connectivity index (χ2v) is 5.40. The van der Waals surface area contributed by atoms with Gasteiger partial charge >= 0.3 is 12.0 Å². The van der Waals surface area contributed by atoms with Crippen LogP contribution in [0.2, 0.25) is 0 Å². The lowest BCUT2D eigenvalue weighted by Crippen LogP contribution is -2.48. The maximum atomic E-state index is 12.0. The predicted molar refractivity (Wildman–Crippen MR) is 77.8 cm³/mol. The summed E-state index contributed by atoms with van der Waals surface area (Å²) in [5, 5.41) is 11.6. The fraction of sp³-hybridized carbons (Fsp3) is 0.571. The van der Waals surface area contributed by atoms with Gasteiger partial charge in [0.05, 0.1) is 29.8 Å². The van der Waals surface area contributed by atoms with Crippen LogP contribution in [0, 0.1) is 19.8 Å². The van der Waals surface area contributed by atoms with Crippen molar-refractivity contribution in [1.82, 2.24) is 20.2 Å². The number of urea groups is 1. The third-order valence-corrected chi connectivity index (χ3v) is 3.20. The van der Waals surface area contributed by atoms with Gasteiger partial charge in [-0.15, -0.1) is 0 Å². The van der Waals surface area contributed by atoms with Crippen molar-refractivity contribution >= 4 is 12.0 Å². The second kappa shape index (κ2) is 7.01. The minimum atomic E-state index is -1.04. The van der Waals surface area contributed by atoms with Crippen molar-refractivity contribution in [2.24, 2.45) is 5.92 Å². The number of rotatable bonds is 5. The Hall–Kier alpha value is -2.18. The van der Waals surface area contributed by atoms with E-state index in [0.717, 1.165) is 11.4 Å².